The second-order valence-electron chi connectivity index (χ2n) is 4.43. The molecule has 1 aromatic rings. The Bertz CT molecular complexity index is 397. The molecule has 1 amide bonds. The molecule has 102 valence electrons. The molecule has 0 radical (unpaired) electrons. The highest BCUT2D eigenvalue weighted by Crippen LogP contribution is 2.09. The Morgan fingerprint density at radius 3 is 2.61 bits per heavy atom. The molecule has 6 heteroatoms. The van der Waals surface area contributed by atoms with E-state index in [9.17, 15) is 4.79 Å². The molecule has 0 bridgehead atoms. The van der Waals surface area contributed by atoms with Gasteiger partial charge in [0.1, 0.15) is 11.4 Å². The van der Waals surface area contributed by atoms with Crippen LogP contribution in [-0.4, -0.2) is 46.3 Å². The molecule has 0 aliphatic carbocycles. The van der Waals surface area contributed by atoms with Gasteiger partial charge in [0, 0.05) is 19.6 Å². The number of likely N-dealkylation sites (N-methyl/N-ethyl adjacent to an activating group) is 1. The first-order valence-electron chi connectivity index (χ1n) is 6.30. The molecule has 0 aromatic carbocycles. The van der Waals surface area contributed by atoms with Crippen molar-refractivity contribution in [1.29, 1.82) is 0 Å². The summed E-state index contributed by atoms with van der Waals surface area (Å²) in [5, 5.41) is 6.89. The third-order valence-corrected chi connectivity index (χ3v) is 3.03. The summed E-state index contributed by atoms with van der Waals surface area (Å²) in [6, 6.07) is 0.0806. The number of aryl methyl sites for hydroxylation is 1. The Morgan fingerprint density at radius 1 is 1.56 bits per heavy atom. The van der Waals surface area contributed by atoms with Gasteiger partial charge < -0.3 is 16.0 Å². The van der Waals surface area contributed by atoms with Crippen LogP contribution < -0.4 is 11.1 Å². The minimum Gasteiger partial charge on any atom is -0.383 e. The monoisotopic (exact) mass is 253 g/mol. The highest BCUT2D eigenvalue weighted by Gasteiger charge is 2.16. The van der Waals surface area contributed by atoms with Gasteiger partial charge in [-0.05, 0) is 20.0 Å². The van der Waals surface area contributed by atoms with Crippen LogP contribution in [0, 0.1) is 0 Å². The molecule has 1 aromatic heterocycles. The minimum atomic E-state index is -0.166. The van der Waals surface area contributed by atoms with Gasteiger partial charge in [0.05, 0.1) is 6.20 Å². The molecule has 6 nitrogen and oxygen atoms in total. The fourth-order valence-corrected chi connectivity index (χ4v) is 1.84. The van der Waals surface area contributed by atoms with E-state index in [-0.39, 0.29) is 11.9 Å². The van der Waals surface area contributed by atoms with E-state index < -0.39 is 0 Å². The summed E-state index contributed by atoms with van der Waals surface area (Å²) in [6.07, 6.45) is 1.49. The number of rotatable bonds is 6. The van der Waals surface area contributed by atoms with Crippen molar-refractivity contribution in [2.45, 2.75) is 26.8 Å². The summed E-state index contributed by atoms with van der Waals surface area (Å²) in [5.74, 6) is 0.225. The summed E-state index contributed by atoms with van der Waals surface area (Å²) in [4.78, 5) is 14.2. The molecule has 0 saturated heterocycles. The number of amides is 1. The Balaban J connectivity index is 2.57. The van der Waals surface area contributed by atoms with Gasteiger partial charge in [-0.25, -0.2) is 0 Å². The summed E-state index contributed by atoms with van der Waals surface area (Å²) >= 11 is 0. The van der Waals surface area contributed by atoms with Crippen LogP contribution in [0.3, 0.4) is 0 Å². The predicted octanol–water partition coefficient (Wildman–Crippen LogP) is 0.462. The molecule has 0 fully saturated rings. The molecule has 1 heterocycles. The smallest absolute Gasteiger partial charge is 0.256 e. The average molecular weight is 253 g/mol. The zero-order valence-electron chi connectivity index (χ0n) is 11.6. The maximum absolute atomic E-state index is 12.0. The van der Waals surface area contributed by atoms with Crippen LogP contribution in [0.2, 0.25) is 0 Å². The number of nitrogens with two attached hydrogens (primary N) is 1. The topological polar surface area (TPSA) is 76.2 Å². The first kappa shape index (κ1) is 14.5. The van der Waals surface area contributed by atoms with E-state index in [4.69, 9.17) is 5.73 Å². The second-order valence-corrected chi connectivity index (χ2v) is 4.43. The van der Waals surface area contributed by atoms with Crippen LogP contribution in [0.25, 0.3) is 0 Å². The van der Waals surface area contributed by atoms with Crippen LogP contribution in [0.5, 0.6) is 0 Å². The number of nitrogens with one attached hydrogen (secondary N) is 1. The van der Waals surface area contributed by atoms with Crippen molar-refractivity contribution >= 4 is 11.7 Å². The van der Waals surface area contributed by atoms with Gasteiger partial charge in [-0.2, -0.15) is 5.10 Å². The van der Waals surface area contributed by atoms with Crippen molar-refractivity contribution in [3.8, 4) is 0 Å². The van der Waals surface area contributed by atoms with Crippen molar-refractivity contribution in [3.63, 3.8) is 0 Å². The normalized spacial score (nSPS) is 12.7. The van der Waals surface area contributed by atoms with Gasteiger partial charge in [0.15, 0.2) is 0 Å². The second kappa shape index (κ2) is 6.39. The predicted molar refractivity (Wildman–Crippen MR) is 72.3 cm³/mol. The van der Waals surface area contributed by atoms with Crippen LogP contribution >= 0.6 is 0 Å². The van der Waals surface area contributed by atoms with Gasteiger partial charge in [0.25, 0.3) is 5.91 Å². The number of nitrogen functional groups attached to an aromatic ring is 1. The number of nitrogens with zero attached hydrogens (tertiary/aromatic N) is 3. The lowest BCUT2D eigenvalue weighted by Crippen LogP contribution is -2.42. The molecule has 0 saturated carbocycles. The van der Waals surface area contributed by atoms with Gasteiger partial charge in [-0.3, -0.25) is 9.48 Å². The van der Waals surface area contributed by atoms with Gasteiger partial charge in [-0.1, -0.05) is 13.8 Å². The van der Waals surface area contributed by atoms with E-state index in [0.29, 0.717) is 11.4 Å². The highest BCUT2D eigenvalue weighted by atomic mass is 16.1. The lowest BCUT2D eigenvalue weighted by molar-refractivity contribution is 0.0931. The van der Waals surface area contributed by atoms with Gasteiger partial charge >= 0.3 is 0 Å². The minimum absolute atomic E-state index is 0.0806. The number of hydrogen-bond donors (Lipinski definition) is 2. The van der Waals surface area contributed by atoms with Gasteiger partial charge in [0.2, 0.25) is 0 Å². The van der Waals surface area contributed by atoms with Crippen molar-refractivity contribution in [2.75, 3.05) is 25.4 Å². The molecular weight excluding hydrogens is 230 g/mol. The van der Waals surface area contributed by atoms with Crippen molar-refractivity contribution in [3.05, 3.63) is 11.8 Å². The number of carbonyl (C=O) groups excluding carboxylic acids is 1. The lowest BCUT2D eigenvalue weighted by Gasteiger charge is -2.23. The summed E-state index contributed by atoms with van der Waals surface area (Å²) < 4.78 is 1.49. The number of anilines is 1. The fourth-order valence-electron chi connectivity index (χ4n) is 1.84. The Labute approximate surface area is 108 Å². The number of aromatic nitrogens is 2. The lowest BCUT2D eigenvalue weighted by atomic mass is 10.2. The van der Waals surface area contributed by atoms with Crippen molar-refractivity contribution in [2.24, 2.45) is 7.05 Å². The largest absolute Gasteiger partial charge is 0.383 e. The Kier molecular flexibility index (Phi) is 5.15. The van der Waals surface area contributed by atoms with Crippen molar-refractivity contribution in [1.82, 2.24) is 20.0 Å². The standard InChI is InChI=1S/C12H23N5O/c1-5-17(6-2)8-9(3)15-12(18)10-7-14-16(4)11(10)13/h7,9H,5-6,8,13H2,1-4H3,(H,15,18). The molecular formula is C12H23N5O. The maximum atomic E-state index is 12.0. The number of carbonyl (C=O) groups is 1. The van der Waals surface area contributed by atoms with Crippen molar-refractivity contribution < 1.29 is 4.79 Å². The van der Waals surface area contributed by atoms with E-state index in [1.165, 1.54) is 10.9 Å². The Hall–Kier alpha value is -1.56. The van der Waals surface area contributed by atoms with Gasteiger partial charge in [-0.15, -0.1) is 0 Å². The molecule has 3 N–H and O–H groups in total. The zero-order valence-corrected chi connectivity index (χ0v) is 11.6. The van der Waals surface area contributed by atoms with E-state index in [1.807, 2.05) is 6.92 Å². The van der Waals surface area contributed by atoms with E-state index in [0.717, 1.165) is 19.6 Å². The Morgan fingerprint density at radius 2 is 2.17 bits per heavy atom. The molecule has 1 rings (SSSR count). The first-order valence-corrected chi connectivity index (χ1v) is 6.30. The third kappa shape index (κ3) is 3.46. The molecule has 1 atom stereocenters. The van der Waals surface area contributed by atoms with E-state index in [2.05, 4.69) is 29.2 Å². The molecule has 0 aliphatic heterocycles. The van der Waals surface area contributed by atoms with Crippen LogP contribution in [-0.2, 0) is 7.05 Å². The van der Waals surface area contributed by atoms with E-state index >= 15 is 0 Å². The van der Waals surface area contributed by atoms with Crippen LogP contribution in [0.4, 0.5) is 5.82 Å². The average Bonchev–Trinajstić information content (AvgIpc) is 2.67. The zero-order chi connectivity index (χ0) is 13.7. The molecule has 0 spiro atoms. The van der Waals surface area contributed by atoms with E-state index in [1.54, 1.807) is 7.05 Å². The fraction of sp³-hybridized carbons (Fsp3) is 0.667. The SMILES string of the molecule is CCN(CC)CC(C)NC(=O)c1cnn(C)c1N. The number of hydrogen-bond acceptors (Lipinski definition) is 4. The molecule has 0 aliphatic rings. The molecule has 18 heavy (non-hydrogen) atoms. The first-order chi connectivity index (χ1) is 8.49. The molecule has 1 unspecified atom stereocenters. The highest BCUT2D eigenvalue weighted by molar-refractivity contribution is 5.98. The summed E-state index contributed by atoms with van der Waals surface area (Å²) in [7, 11) is 1.71. The summed E-state index contributed by atoms with van der Waals surface area (Å²) in [6.45, 7) is 8.99. The van der Waals surface area contributed by atoms with Crippen LogP contribution in [0.15, 0.2) is 6.20 Å². The quantitative estimate of drug-likeness (QED) is 0.772. The summed E-state index contributed by atoms with van der Waals surface area (Å²) in [5.41, 5.74) is 6.20. The third-order valence-electron chi connectivity index (χ3n) is 3.03. The maximum Gasteiger partial charge on any atom is 0.256 e. The van der Waals surface area contributed by atoms with Crippen LogP contribution in [0.1, 0.15) is 31.1 Å².